The SMILES string of the molecule is Cc1ccc(C#Cc2cncc(C#Cc3ccc(C)cc3)c2)cc1. The minimum Gasteiger partial charge on any atom is -0.262 e. The molecule has 0 fully saturated rings. The molecule has 0 amide bonds. The fourth-order valence-corrected chi connectivity index (χ4v) is 2.14. The number of benzene rings is 2. The molecule has 0 N–H and O–H groups in total. The molecule has 0 atom stereocenters. The first kappa shape index (κ1) is 15.6. The molecule has 0 aliphatic carbocycles. The van der Waals surface area contributed by atoms with Crippen LogP contribution < -0.4 is 0 Å². The zero-order valence-corrected chi connectivity index (χ0v) is 13.8. The molecule has 0 radical (unpaired) electrons. The highest BCUT2D eigenvalue weighted by Gasteiger charge is 1.92. The van der Waals surface area contributed by atoms with Gasteiger partial charge in [-0.3, -0.25) is 4.98 Å². The molecule has 0 bridgehead atoms. The maximum atomic E-state index is 4.23. The monoisotopic (exact) mass is 307 g/mol. The Morgan fingerprint density at radius 1 is 0.542 bits per heavy atom. The fourth-order valence-electron chi connectivity index (χ4n) is 2.14. The number of aryl methyl sites for hydroxylation is 2. The van der Waals surface area contributed by atoms with Gasteiger partial charge in [0.15, 0.2) is 0 Å². The van der Waals surface area contributed by atoms with E-state index in [1.54, 1.807) is 12.4 Å². The van der Waals surface area contributed by atoms with Gasteiger partial charge in [0.05, 0.1) is 0 Å². The summed E-state index contributed by atoms with van der Waals surface area (Å²) in [6.07, 6.45) is 3.52. The van der Waals surface area contributed by atoms with E-state index in [4.69, 9.17) is 0 Å². The summed E-state index contributed by atoms with van der Waals surface area (Å²) in [4.78, 5) is 4.23. The molecule has 0 saturated heterocycles. The lowest BCUT2D eigenvalue weighted by Crippen LogP contribution is -1.83. The molecule has 2 aromatic carbocycles. The van der Waals surface area contributed by atoms with Crippen LogP contribution in [0.2, 0.25) is 0 Å². The lowest BCUT2D eigenvalue weighted by atomic mass is 10.1. The Balaban J connectivity index is 1.80. The van der Waals surface area contributed by atoms with Crippen molar-refractivity contribution in [3.63, 3.8) is 0 Å². The Morgan fingerprint density at radius 2 is 0.917 bits per heavy atom. The first-order valence-corrected chi connectivity index (χ1v) is 7.81. The van der Waals surface area contributed by atoms with Crippen LogP contribution in [-0.4, -0.2) is 4.98 Å². The van der Waals surface area contributed by atoms with Gasteiger partial charge in [0.25, 0.3) is 0 Å². The first-order chi connectivity index (χ1) is 11.7. The van der Waals surface area contributed by atoms with Gasteiger partial charge in [0, 0.05) is 34.6 Å². The highest BCUT2D eigenvalue weighted by atomic mass is 14.6. The van der Waals surface area contributed by atoms with E-state index < -0.39 is 0 Å². The van der Waals surface area contributed by atoms with Crippen molar-refractivity contribution in [3.05, 3.63) is 100 Å². The van der Waals surface area contributed by atoms with Gasteiger partial charge in [0.1, 0.15) is 0 Å². The third-order valence-electron chi connectivity index (χ3n) is 3.54. The van der Waals surface area contributed by atoms with Gasteiger partial charge in [-0.15, -0.1) is 0 Å². The second-order valence-electron chi connectivity index (χ2n) is 5.69. The lowest BCUT2D eigenvalue weighted by Gasteiger charge is -1.94. The molecule has 3 aromatic rings. The summed E-state index contributed by atoms with van der Waals surface area (Å²) >= 11 is 0. The van der Waals surface area contributed by atoms with Gasteiger partial charge in [-0.05, 0) is 44.2 Å². The molecule has 0 saturated carbocycles. The molecule has 114 valence electrons. The molecular formula is C23H17N. The Kier molecular flexibility index (Phi) is 4.76. The van der Waals surface area contributed by atoms with Gasteiger partial charge < -0.3 is 0 Å². The number of aromatic nitrogens is 1. The highest BCUT2D eigenvalue weighted by molar-refractivity contribution is 5.47. The van der Waals surface area contributed by atoms with E-state index in [9.17, 15) is 0 Å². The molecule has 1 heteroatoms. The van der Waals surface area contributed by atoms with Gasteiger partial charge in [-0.1, -0.05) is 59.1 Å². The van der Waals surface area contributed by atoms with Crippen molar-refractivity contribution < 1.29 is 0 Å². The topological polar surface area (TPSA) is 12.9 Å². The summed E-state index contributed by atoms with van der Waals surface area (Å²) in [7, 11) is 0. The number of hydrogen-bond donors (Lipinski definition) is 0. The second-order valence-corrected chi connectivity index (χ2v) is 5.69. The molecule has 0 aliphatic heterocycles. The quantitative estimate of drug-likeness (QED) is 0.557. The van der Waals surface area contributed by atoms with Crippen LogP contribution in [0.5, 0.6) is 0 Å². The Bertz CT molecular complexity index is 878. The van der Waals surface area contributed by atoms with Crippen LogP contribution in [0.15, 0.2) is 67.0 Å². The predicted molar refractivity (Wildman–Crippen MR) is 98.6 cm³/mol. The van der Waals surface area contributed by atoms with Crippen LogP contribution in [0.1, 0.15) is 33.4 Å². The van der Waals surface area contributed by atoms with Crippen LogP contribution in [-0.2, 0) is 0 Å². The van der Waals surface area contributed by atoms with Crippen LogP contribution in [0.25, 0.3) is 0 Å². The number of hydrogen-bond acceptors (Lipinski definition) is 1. The van der Waals surface area contributed by atoms with Crippen LogP contribution >= 0.6 is 0 Å². The first-order valence-electron chi connectivity index (χ1n) is 7.81. The fraction of sp³-hybridized carbons (Fsp3) is 0.0870. The van der Waals surface area contributed by atoms with E-state index in [0.29, 0.717) is 0 Å². The average molecular weight is 307 g/mol. The lowest BCUT2D eigenvalue weighted by molar-refractivity contribution is 1.30. The zero-order chi connectivity index (χ0) is 16.8. The molecule has 0 spiro atoms. The maximum absolute atomic E-state index is 4.23. The summed E-state index contributed by atoms with van der Waals surface area (Å²) < 4.78 is 0. The number of nitrogens with zero attached hydrogens (tertiary/aromatic N) is 1. The highest BCUT2D eigenvalue weighted by Crippen LogP contribution is 2.05. The van der Waals surface area contributed by atoms with Gasteiger partial charge in [-0.25, -0.2) is 0 Å². The smallest absolute Gasteiger partial charge is 0.0444 e. The third-order valence-corrected chi connectivity index (χ3v) is 3.54. The molecule has 1 nitrogen and oxygen atoms in total. The number of pyridine rings is 1. The minimum absolute atomic E-state index is 0.867. The van der Waals surface area contributed by atoms with Crippen molar-refractivity contribution in [1.29, 1.82) is 0 Å². The van der Waals surface area contributed by atoms with Crippen LogP contribution in [0, 0.1) is 37.5 Å². The van der Waals surface area contributed by atoms with Crippen molar-refractivity contribution in [3.8, 4) is 23.7 Å². The third kappa shape index (κ3) is 4.35. The largest absolute Gasteiger partial charge is 0.262 e. The molecule has 0 unspecified atom stereocenters. The van der Waals surface area contributed by atoms with Crippen molar-refractivity contribution in [2.45, 2.75) is 13.8 Å². The summed E-state index contributed by atoms with van der Waals surface area (Å²) in [5.41, 5.74) is 6.19. The Morgan fingerprint density at radius 3 is 1.33 bits per heavy atom. The molecule has 0 aliphatic rings. The standard InChI is InChI=1S/C23H17N/c1-18-3-7-20(8-4-18)11-13-22-15-23(17-24-16-22)14-12-21-9-5-19(2)6-10-21/h3-10,15-17H,1-2H3. The van der Waals surface area contributed by atoms with E-state index in [0.717, 1.165) is 22.3 Å². The Hall–Kier alpha value is -3.29. The van der Waals surface area contributed by atoms with Gasteiger partial charge in [0.2, 0.25) is 0 Å². The summed E-state index contributed by atoms with van der Waals surface area (Å²) in [6.45, 7) is 4.13. The van der Waals surface area contributed by atoms with E-state index in [1.807, 2.05) is 30.3 Å². The maximum Gasteiger partial charge on any atom is 0.0444 e. The summed E-state index contributed by atoms with van der Waals surface area (Å²) in [5, 5.41) is 0. The summed E-state index contributed by atoms with van der Waals surface area (Å²) in [5.74, 6) is 12.6. The minimum atomic E-state index is 0.867. The normalized spacial score (nSPS) is 9.42. The van der Waals surface area contributed by atoms with Crippen molar-refractivity contribution >= 4 is 0 Å². The molecule has 3 rings (SSSR count). The second kappa shape index (κ2) is 7.32. The number of rotatable bonds is 0. The average Bonchev–Trinajstić information content (AvgIpc) is 2.61. The molecule has 1 heterocycles. The molecule has 24 heavy (non-hydrogen) atoms. The van der Waals surface area contributed by atoms with Crippen molar-refractivity contribution in [2.75, 3.05) is 0 Å². The van der Waals surface area contributed by atoms with E-state index in [-0.39, 0.29) is 0 Å². The van der Waals surface area contributed by atoms with Gasteiger partial charge in [-0.2, -0.15) is 0 Å². The van der Waals surface area contributed by atoms with Crippen molar-refractivity contribution in [2.24, 2.45) is 0 Å². The van der Waals surface area contributed by atoms with Gasteiger partial charge >= 0.3 is 0 Å². The van der Waals surface area contributed by atoms with Crippen LogP contribution in [0.3, 0.4) is 0 Å². The van der Waals surface area contributed by atoms with E-state index in [2.05, 4.69) is 66.8 Å². The van der Waals surface area contributed by atoms with Crippen LogP contribution in [0.4, 0.5) is 0 Å². The van der Waals surface area contributed by atoms with E-state index in [1.165, 1.54) is 11.1 Å². The molecule has 1 aromatic heterocycles. The predicted octanol–water partition coefficient (Wildman–Crippen LogP) is 4.50. The Labute approximate surface area is 143 Å². The zero-order valence-electron chi connectivity index (χ0n) is 13.8. The van der Waals surface area contributed by atoms with Crippen molar-refractivity contribution in [1.82, 2.24) is 4.98 Å². The van der Waals surface area contributed by atoms with E-state index >= 15 is 0 Å². The summed E-state index contributed by atoms with van der Waals surface area (Å²) in [6, 6.07) is 18.3. The molecular weight excluding hydrogens is 290 g/mol.